The van der Waals surface area contributed by atoms with E-state index in [-0.39, 0.29) is 22.4 Å². The van der Waals surface area contributed by atoms with Gasteiger partial charge in [-0.1, -0.05) is 83.2 Å². The molecule has 6 rings (SSSR count). The van der Waals surface area contributed by atoms with E-state index in [1.54, 1.807) is 14.2 Å². The number of hydrogen-bond acceptors (Lipinski definition) is 6. The van der Waals surface area contributed by atoms with Gasteiger partial charge < -0.3 is 14.6 Å². The zero-order valence-corrected chi connectivity index (χ0v) is 27.6. The summed E-state index contributed by atoms with van der Waals surface area (Å²) in [4.78, 5) is 20.2. The molecule has 0 bridgehead atoms. The molecule has 7 heteroatoms. The number of aromatic nitrogens is 1. The second-order valence-corrected chi connectivity index (χ2v) is 14.7. The predicted octanol–water partition coefficient (Wildman–Crippen LogP) is 6.64. The van der Waals surface area contributed by atoms with Gasteiger partial charge in [0, 0.05) is 16.7 Å². The maximum atomic E-state index is 14.4. The Hall–Kier alpha value is -4.10. The van der Waals surface area contributed by atoms with E-state index in [4.69, 9.17) is 14.5 Å². The summed E-state index contributed by atoms with van der Waals surface area (Å²) in [7, 11) is 3.25. The third-order valence-electron chi connectivity index (χ3n) is 8.64. The molecule has 1 aliphatic carbocycles. The fraction of sp³-hybridized carbons (Fsp3) is 0.351. The van der Waals surface area contributed by atoms with E-state index in [2.05, 4.69) is 65.8 Å². The summed E-state index contributed by atoms with van der Waals surface area (Å²) < 4.78 is 13.7. The van der Waals surface area contributed by atoms with E-state index in [1.807, 2.05) is 41.0 Å². The van der Waals surface area contributed by atoms with E-state index in [0.29, 0.717) is 26.6 Å². The van der Waals surface area contributed by atoms with Crippen LogP contribution in [0.3, 0.4) is 0 Å². The van der Waals surface area contributed by atoms with E-state index in [9.17, 15) is 9.90 Å². The average Bonchev–Trinajstić information content (AvgIpc) is 3.29. The standard InChI is InChI=1S/C37H40N2O4S/c1-36(2,3)26-17-21(18-27(33(26)40)37(4,5)6)19-30-34(41)39-32(23-14-16-28(42-7)29(20-23)43-8)25-15-13-22-11-9-10-12-24(22)31(25)38-35(39)44-30/h9-12,14,16-20,32,40H,13,15H2,1-8H3/b30-19-/t32-/m1/s1. The summed E-state index contributed by atoms with van der Waals surface area (Å²) in [5, 5.41) is 11.3. The van der Waals surface area contributed by atoms with E-state index < -0.39 is 0 Å². The normalized spacial score (nSPS) is 16.6. The highest BCUT2D eigenvalue weighted by atomic mass is 32.1. The van der Waals surface area contributed by atoms with Crippen LogP contribution in [0.4, 0.5) is 0 Å². The van der Waals surface area contributed by atoms with Crippen LogP contribution < -0.4 is 24.4 Å². The van der Waals surface area contributed by atoms with Crippen LogP contribution in [0, 0.1) is 0 Å². The topological polar surface area (TPSA) is 73.0 Å². The highest BCUT2D eigenvalue weighted by molar-refractivity contribution is 7.07. The molecule has 1 aromatic heterocycles. The number of aryl methyl sites for hydroxylation is 1. The number of ether oxygens (including phenoxy) is 2. The first-order valence-corrected chi connectivity index (χ1v) is 15.9. The largest absolute Gasteiger partial charge is 0.507 e. The zero-order valence-electron chi connectivity index (χ0n) is 26.7. The number of aromatic hydroxyl groups is 1. The van der Waals surface area contributed by atoms with Crippen molar-refractivity contribution in [2.24, 2.45) is 4.99 Å². The molecule has 0 unspecified atom stereocenters. The second kappa shape index (κ2) is 10.8. The maximum absolute atomic E-state index is 14.4. The van der Waals surface area contributed by atoms with Crippen molar-refractivity contribution in [3.05, 3.63) is 113 Å². The molecule has 4 aromatic rings. The third-order valence-corrected chi connectivity index (χ3v) is 9.63. The molecule has 6 nitrogen and oxygen atoms in total. The Labute approximate surface area is 262 Å². The van der Waals surface area contributed by atoms with E-state index in [0.717, 1.165) is 51.9 Å². The van der Waals surface area contributed by atoms with Gasteiger partial charge in [-0.2, -0.15) is 0 Å². The van der Waals surface area contributed by atoms with Crippen LogP contribution in [-0.2, 0) is 17.3 Å². The van der Waals surface area contributed by atoms with Crippen molar-refractivity contribution >= 4 is 23.1 Å². The van der Waals surface area contributed by atoms with Gasteiger partial charge in [-0.3, -0.25) is 9.36 Å². The number of hydrogen-bond donors (Lipinski definition) is 1. The zero-order chi connectivity index (χ0) is 31.6. The maximum Gasteiger partial charge on any atom is 0.271 e. The molecular weight excluding hydrogens is 568 g/mol. The average molecular weight is 609 g/mol. The van der Waals surface area contributed by atoms with Crippen molar-refractivity contribution in [1.29, 1.82) is 0 Å². The minimum absolute atomic E-state index is 0.0818. The van der Waals surface area contributed by atoms with Gasteiger partial charge in [-0.25, -0.2) is 4.99 Å². The molecule has 0 saturated carbocycles. The molecule has 3 aromatic carbocycles. The summed E-state index contributed by atoms with van der Waals surface area (Å²) in [6, 6.07) is 18.0. The fourth-order valence-corrected chi connectivity index (χ4v) is 7.38. The number of fused-ring (bicyclic) bond motifs is 3. The lowest BCUT2D eigenvalue weighted by molar-refractivity contribution is 0.354. The van der Waals surface area contributed by atoms with Gasteiger partial charge in [0.15, 0.2) is 16.3 Å². The molecule has 0 spiro atoms. The molecule has 1 atom stereocenters. The molecule has 1 N–H and O–H groups in total. The van der Waals surface area contributed by atoms with Crippen LogP contribution >= 0.6 is 11.3 Å². The van der Waals surface area contributed by atoms with E-state index >= 15 is 0 Å². The molecular formula is C37H40N2O4S. The number of allylic oxidation sites excluding steroid dienone is 1. The van der Waals surface area contributed by atoms with E-state index in [1.165, 1.54) is 16.9 Å². The number of thiazole rings is 1. The molecule has 44 heavy (non-hydrogen) atoms. The lowest BCUT2D eigenvalue weighted by atomic mass is 9.78. The highest BCUT2D eigenvalue weighted by Gasteiger charge is 2.33. The quantitative estimate of drug-likeness (QED) is 0.282. The summed E-state index contributed by atoms with van der Waals surface area (Å²) in [6.07, 6.45) is 3.65. The monoisotopic (exact) mass is 608 g/mol. The van der Waals surface area contributed by atoms with Gasteiger partial charge in [-0.05, 0) is 76.3 Å². The smallest absolute Gasteiger partial charge is 0.271 e. The van der Waals surface area contributed by atoms with Crippen LogP contribution in [0.5, 0.6) is 17.2 Å². The van der Waals surface area contributed by atoms with Gasteiger partial charge in [0.1, 0.15) is 5.75 Å². The van der Waals surface area contributed by atoms with Gasteiger partial charge >= 0.3 is 0 Å². The van der Waals surface area contributed by atoms with Gasteiger partial charge in [0.2, 0.25) is 0 Å². The summed E-state index contributed by atoms with van der Waals surface area (Å²) in [5.41, 5.74) is 7.41. The Morgan fingerprint density at radius 2 is 1.57 bits per heavy atom. The number of benzene rings is 3. The summed E-state index contributed by atoms with van der Waals surface area (Å²) in [6.45, 7) is 12.6. The van der Waals surface area contributed by atoms with Crippen LogP contribution in [-0.4, -0.2) is 23.9 Å². The Bertz CT molecular complexity index is 1970. The number of phenolic OH excluding ortho intramolecular Hbond substituents is 1. The molecule has 0 fully saturated rings. The fourth-order valence-electron chi connectivity index (χ4n) is 6.38. The molecule has 2 heterocycles. The van der Waals surface area contributed by atoms with Gasteiger partial charge in [-0.15, -0.1) is 0 Å². The number of rotatable bonds is 4. The Morgan fingerprint density at radius 1 is 0.909 bits per heavy atom. The van der Waals surface area contributed by atoms with Crippen molar-refractivity contribution in [3.8, 4) is 17.2 Å². The van der Waals surface area contributed by atoms with Crippen molar-refractivity contribution < 1.29 is 14.6 Å². The highest BCUT2D eigenvalue weighted by Crippen LogP contribution is 2.43. The van der Waals surface area contributed by atoms with Crippen LogP contribution in [0.2, 0.25) is 0 Å². The minimum Gasteiger partial charge on any atom is -0.507 e. The van der Waals surface area contributed by atoms with Crippen molar-refractivity contribution in [2.75, 3.05) is 14.2 Å². The SMILES string of the molecule is COc1ccc([C@@H]2C3=C(N=c4s/c(=C\c5cc(C(C)(C)C)c(O)c(C(C)(C)C)c5)c(=O)n42)c2ccccc2CC3)cc1OC. The molecule has 228 valence electrons. The van der Waals surface area contributed by atoms with Crippen LogP contribution in [0.1, 0.15) is 87.4 Å². The summed E-state index contributed by atoms with van der Waals surface area (Å²) >= 11 is 1.41. The number of methoxy groups -OCH3 is 2. The molecule has 0 saturated heterocycles. The second-order valence-electron chi connectivity index (χ2n) is 13.7. The molecule has 1 aliphatic heterocycles. The summed E-state index contributed by atoms with van der Waals surface area (Å²) in [5.74, 6) is 1.59. The van der Waals surface area contributed by atoms with Gasteiger partial charge in [0.25, 0.3) is 5.56 Å². The Balaban J connectivity index is 1.62. The van der Waals surface area contributed by atoms with Crippen molar-refractivity contribution in [2.45, 2.75) is 71.3 Å². The Morgan fingerprint density at radius 3 is 2.20 bits per heavy atom. The lowest BCUT2D eigenvalue weighted by Crippen LogP contribution is -2.38. The van der Waals surface area contributed by atoms with Crippen LogP contribution in [0.15, 0.2) is 70.0 Å². The first-order chi connectivity index (χ1) is 20.8. The molecule has 2 aliphatic rings. The lowest BCUT2D eigenvalue weighted by Gasteiger charge is -2.31. The third kappa shape index (κ3) is 5.07. The number of phenols is 1. The molecule has 0 radical (unpaired) electrons. The van der Waals surface area contributed by atoms with Gasteiger partial charge in [0.05, 0.1) is 30.5 Å². The minimum atomic E-state index is -0.327. The first-order valence-electron chi connectivity index (χ1n) is 15.0. The predicted molar refractivity (Wildman–Crippen MR) is 178 cm³/mol. The first kappa shape index (κ1) is 29.9. The molecule has 0 amide bonds. The van der Waals surface area contributed by atoms with Crippen molar-refractivity contribution in [3.63, 3.8) is 0 Å². The van der Waals surface area contributed by atoms with Crippen LogP contribution in [0.25, 0.3) is 11.8 Å². The van der Waals surface area contributed by atoms with Crippen molar-refractivity contribution in [1.82, 2.24) is 4.57 Å². The number of nitrogens with zero attached hydrogens (tertiary/aromatic N) is 2. The Kier molecular flexibility index (Phi) is 7.36.